The van der Waals surface area contributed by atoms with Gasteiger partial charge in [0.2, 0.25) is 11.9 Å². The molecule has 0 aliphatic rings. The van der Waals surface area contributed by atoms with Crippen molar-refractivity contribution >= 4 is 11.7 Å². The number of carbonyl (C=O) groups excluding carboxylic acids is 2. The summed E-state index contributed by atoms with van der Waals surface area (Å²) in [7, 11) is 1.80. The largest absolute Gasteiger partial charge is 0.341 e. The molecule has 5 nitrogen and oxygen atoms in total. The highest BCUT2D eigenvalue weighted by Gasteiger charge is 2.10. The summed E-state index contributed by atoms with van der Waals surface area (Å²) in [6, 6.07) is 14.5. The summed E-state index contributed by atoms with van der Waals surface area (Å²) in [4.78, 5) is 34.2. The van der Waals surface area contributed by atoms with E-state index in [-0.39, 0.29) is 11.7 Å². The number of aryl methyl sites for hydroxylation is 2. The topological polar surface area (TPSA) is 63.2 Å². The first-order valence-corrected chi connectivity index (χ1v) is 10.3. The average Bonchev–Trinajstić information content (AvgIpc) is 2.78. The third kappa shape index (κ3) is 5.81. The molecule has 0 saturated carbocycles. The zero-order chi connectivity index (χ0) is 22.4. The fraction of sp³-hybridized carbons (Fsp3) is 0.280. The van der Waals surface area contributed by atoms with Gasteiger partial charge in [0, 0.05) is 49.5 Å². The summed E-state index contributed by atoms with van der Waals surface area (Å²) in [5.74, 6) is -0.416. The number of halogens is 1. The molecule has 2 heterocycles. The second-order valence-electron chi connectivity index (χ2n) is 7.53. The van der Waals surface area contributed by atoms with Gasteiger partial charge in [0.1, 0.15) is 0 Å². The summed E-state index contributed by atoms with van der Waals surface area (Å²) in [6.07, 6.45) is 2.91. The Morgan fingerprint density at radius 2 is 1.77 bits per heavy atom. The number of benzene rings is 1. The maximum Gasteiger partial charge on any atom is 0.222 e. The molecule has 6 heteroatoms. The maximum atomic E-state index is 13.1. The number of rotatable bonds is 8. The van der Waals surface area contributed by atoms with Crippen molar-refractivity contribution in [2.24, 2.45) is 0 Å². The van der Waals surface area contributed by atoms with Gasteiger partial charge >= 0.3 is 0 Å². The van der Waals surface area contributed by atoms with E-state index in [4.69, 9.17) is 0 Å². The number of hydrogen-bond donors (Lipinski definition) is 0. The van der Waals surface area contributed by atoms with Crippen LogP contribution in [0, 0.1) is 12.9 Å². The van der Waals surface area contributed by atoms with Crippen LogP contribution in [0.2, 0.25) is 0 Å². The van der Waals surface area contributed by atoms with E-state index < -0.39 is 5.95 Å². The van der Waals surface area contributed by atoms with Crippen LogP contribution in [0.5, 0.6) is 0 Å². The Morgan fingerprint density at radius 1 is 1.03 bits per heavy atom. The standard InChI is InChI=1S/C25H26FN3O2/c1-4-25(31)29(3)16-18-5-7-20(8-6-18)22-12-9-21(15-27-22)23(30)13-10-19-11-14-24(26)28-17(19)2/h5-9,11-12,14-15H,4,10,13,16H2,1-3H3. The fourth-order valence-corrected chi connectivity index (χ4v) is 3.36. The lowest BCUT2D eigenvalue weighted by Crippen LogP contribution is -2.25. The SMILES string of the molecule is CCC(=O)N(C)Cc1ccc(-c2ccc(C(=O)CCc3ccc(F)nc3C)cn2)cc1. The molecule has 0 radical (unpaired) electrons. The van der Waals surface area contributed by atoms with E-state index in [0.29, 0.717) is 37.1 Å². The van der Waals surface area contributed by atoms with Crippen molar-refractivity contribution in [1.29, 1.82) is 0 Å². The molecule has 160 valence electrons. The Morgan fingerprint density at radius 3 is 2.39 bits per heavy atom. The predicted molar refractivity (Wildman–Crippen MR) is 118 cm³/mol. The van der Waals surface area contributed by atoms with Crippen molar-refractivity contribution in [2.45, 2.75) is 39.7 Å². The zero-order valence-corrected chi connectivity index (χ0v) is 18.1. The minimum absolute atomic E-state index is 0.0123. The van der Waals surface area contributed by atoms with Gasteiger partial charge in [-0.2, -0.15) is 4.39 Å². The van der Waals surface area contributed by atoms with Crippen LogP contribution in [0.4, 0.5) is 4.39 Å². The number of carbonyl (C=O) groups is 2. The number of amides is 1. The van der Waals surface area contributed by atoms with Gasteiger partial charge in [-0.1, -0.05) is 37.3 Å². The number of nitrogens with zero attached hydrogens (tertiary/aromatic N) is 3. The monoisotopic (exact) mass is 419 g/mol. The lowest BCUT2D eigenvalue weighted by atomic mass is 10.0. The minimum atomic E-state index is -0.512. The molecule has 31 heavy (non-hydrogen) atoms. The number of pyridine rings is 2. The number of ketones is 1. The first-order valence-electron chi connectivity index (χ1n) is 10.3. The van der Waals surface area contributed by atoms with Crippen LogP contribution in [0.15, 0.2) is 54.7 Å². The molecule has 0 N–H and O–H groups in total. The van der Waals surface area contributed by atoms with Gasteiger partial charge in [-0.15, -0.1) is 0 Å². The second-order valence-corrected chi connectivity index (χ2v) is 7.53. The predicted octanol–water partition coefficient (Wildman–Crippen LogP) is 4.78. The van der Waals surface area contributed by atoms with Crippen LogP contribution in [-0.4, -0.2) is 33.6 Å². The Bertz CT molecular complexity index is 1060. The third-order valence-electron chi connectivity index (χ3n) is 5.27. The van der Waals surface area contributed by atoms with Crippen molar-refractivity contribution in [3.8, 4) is 11.3 Å². The van der Waals surface area contributed by atoms with Crippen LogP contribution >= 0.6 is 0 Å². The highest BCUT2D eigenvalue weighted by molar-refractivity contribution is 5.96. The highest BCUT2D eigenvalue weighted by Crippen LogP contribution is 2.19. The van der Waals surface area contributed by atoms with E-state index in [1.807, 2.05) is 37.3 Å². The fourth-order valence-electron chi connectivity index (χ4n) is 3.36. The van der Waals surface area contributed by atoms with Gasteiger partial charge in [-0.05, 0) is 42.7 Å². The maximum absolute atomic E-state index is 13.1. The van der Waals surface area contributed by atoms with Gasteiger partial charge in [0.15, 0.2) is 5.78 Å². The van der Waals surface area contributed by atoms with Crippen LogP contribution in [0.3, 0.4) is 0 Å². The van der Waals surface area contributed by atoms with Gasteiger partial charge in [0.25, 0.3) is 0 Å². The molecule has 3 aromatic rings. The molecule has 0 bridgehead atoms. The molecule has 0 aliphatic carbocycles. The molecule has 0 aliphatic heterocycles. The third-order valence-corrected chi connectivity index (χ3v) is 5.27. The van der Waals surface area contributed by atoms with Crippen LogP contribution in [-0.2, 0) is 17.8 Å². The van der Waals surface area contributed by atoms with Gasteiger partial charge in [-0.25, -0.2) is 4.98 Å². The average molecular weight is 420 g/mol. The van der Waals surface area contributed by atoms with Gasteiger partial charge in [0.05, 0.1) is 5.69 Å². The number of hydrogen-bond acceptors (Lipinski definition) is 4. The Balaban J connectivity index is 1.61. The molecule has 0 saturated heterocycles. The minimum Gasteiger partial charge on any atom is -0.341 e. The highest BCUT2D eigenvalue weighted by atomic mass is 19.1. The Hall–Kier alpha value is -3.41. The molecule has 3 rings (SSSR count). The summed E-state index contributed by atoms with van der Waals surface area (Å²) in [5.41, 5.74) is 4.79. The molecular weight excluding hydrogens is 393 g/mol. The quantitative estimate of drug-likeness (QED) is 0.390. The van der Waals surface area contributed by atoms with Crippen LogP contribution < -0.4 is 0 Å². The van der Waals surface area contributed by atoms with E-state index in [2.05, 4.69) is 9.97 Å². The molecule has 1 aromatic carbocycles. The van der Waals surface area contributed by atoms with E-state index in [1.54, 1.807) is 37.2 Å². The molecule has 0 atom stereocenters. The summed E-state index contributed by atoms with van der Waals surface area (Å²) in [5, 5.41) is 0. The van der Waals surface area contributed by atoms with Gasteiger partial charge in [-0.3, -0.25) is 14.6 Å². The van der Waals surface area contributed by atoms with E-state index in [1.165, 1.54) is 6.07 Å². The molecule has 0 spiro atoms. The lowest BCUT2D eigenvalue weighted by molar-refractivity contribution is -0.130. The first-order chi connectivity index (χ1) is 14.9. The summed E-state index contributed by atoms with van der Waals surface area (Å²) in [6.45, 7) is 4.16. The van der Waals surface area contributed by atoms with Crippen molar-refractivity contribution < 1.29 is 14.0 Å². The van der Waals surface area contributed by atoms with Crippen molar-refractivity contribution in [1.82, 2.24) is 14.9 Å². The van der Waals surface area contributed by atoms with E-state index in [9.17, 15) is 14.0 Å². The van der Waals surface area contributed by atoms with Gasteiger partial charge < -0.3 is 4.90 Å². The lowest BCUT2D eigenvalue weighted by Gasteiger charge is -2.16. The van der Waals surface area contributed by atoms with Crippen LogP contribution in [0.25, 0.3) is 11.3 Å². The Labute approximate surface area is 182 Å². The summed E-state index contributed by atoms with van der Waals surface area (Å²) < 4.78 is 13.1. The molecular formula is C25H26FN3O2. The van der Waals surface area contributed by atoms with E-state index in [0.717, 1.165) is 22.4 Å². The number of aromatic nitrogens is 2. The zero-order valence-electron chi connectivity index (χ0n) is 18.1. The van der Waals surface area contributed by atoms with Crippen LogP contribution in [0.1, 0.15) is 46.9 Å². The Kier molecular flexibility index (Phi) is 7.23. The first kappa shape index (κ1) is 22.3. The van der Waals surface area contributed by atoms with Crippen molar-refractivity contribution in [3.05, 3.63) is 83.1 Å². The van der Waals surface area contributed by atoms with E-state index >= 15 is 0 Å². The number of Topliss-reactive ketones (excluding diaryl/α,β-unsaturated/α-hetero) is 1. The second kappa shape index (κ2) is 10.1. The normalized spacial score (nSPS) is 10.7. The summed E-state index contributed by atoms with van der Waals surface area (Å²) >= 11 is 0. The molecule has 0 fully saturated rings. The van der Waals surface area contributed by atoms with Crippen molar-refractivity contribution in [2.75, 3.05) is 7.05 Å². The molecule has 0 unspecified atom stereocenters. The molecule has 1 amide bonds. The molecule has 2 aromatic heterocycles. The van der Waals surface area contributed by atoms with Crippen molar-refractivity contribution in [3.63, 3.8) is 0 Å². The smallest absolute Gasteiger partial charge is 0.222 e.